The van der Waals surface area contributed by atoms with Crippen LogP contribution in [-0.4, -0.2) is 45.2 Å². The highest BCUT2D eigenvalue weighted by atomic mass is 16.6. The number of hydrogen-bond donors (Lipinski definition) is 1. The third kappa shape index (κ3) is 2.91. The third-order valence-electron chi connectivity index (χ3n) is 2.33. The normalized spacial score (nSPS) is 33.0. The van der Waals surface area contributed by atoms with E-state index in [1.54, 1.807) is 7.11 Å². The molecule has 4 heteroatoms. The largest absolute Gasteiger partial charge is 0.379 e. The van der Waals surface area contributed by atoms with Crippen molar-refractivity contribution in [1.82, 2.24) is 0 Å². The summed E-state index contributed by atoms with van der Waals surface area (Å²) in [5, 5.41) is 0. The average molecular weight is 189 g/mol. The molecule has 1 fully saturated rings. The maximum atomic E-state index is 5.72. The molecule has 0 bridgehead atoms. The minimum atomic E-state index is 0.0710. The van der Waals surface area contributed by atoms with Gasteiger partial charge in [0.05, 0.1) is 25.4 Å². The van der Waals surface area contributed by atoms with Crippen LogP contribution < -0.4 is 5.73 Å². The van der Waals surface area contributed by atoms with Crippen LogP contribution in [-0.2, 0) is 14.2 Å². The zero-order chi connectivity index (χ0) is 9.68. The molecule has 0 spiro atoms. The standard InChI is InChI=1S/C9H19NO3/c1-3-12-4-5-13-8-6-7(10)9(8)11-2/h7-9H,3-6,10H2,1-2H3. The second-order valence-corrected chi connectivity index (χ2v) is 3.21. The van der Waals surface area contributed by atoms with Gasteiger partial charge in [-0.2, -0.15) is 0 Å². The first-order chi connectivity index (χ1) is 6.29. The van der Waals surface area contributed by atoms with Crippen molar-refractivity contribution in [2.24, 2.45) is 5.73 Å². The summed E-state index contributed by atoms with van der Waals surface area (Å²) in [4.78, 5) is 0. The van der Waals surface area contributed by atoms with E-state index in [-0.39, 0.29) is 18.2 Å². The molecule has 1 saturated carbocycles. The SMILES string of the molecule is CCOCCOC1CC(N)C1OC. The lowest BCUT2D eigenvalue weighted by atomic mass is 9.86. The van der Waals surface area contributed by atoms with Crippen LogP contribution in [0.5, 0.6) is 0 Å². The number of methoxy groups -OCH3 is 1. The maximum Gasteiger partial charge on any atom is 0.0984 e. The molecule has 0 aromatic heterocycles. The molecule has 78 valence electrons. The van der Waals surface area contributed by atoms with E-state index in [9.17, 15) is 0 Å². The topological polar surface area (TPSA) is 53.7 Å². The fraction of sp³-hybridized carbons (Fsp3) is 1.00. The Morgan fingerprint density at radius 3 is 2.69 bits per heavy atom. The van der Waals surface area contributed by atoms with Gasteiger partial charge in [0, 0.05) is 19.8 Å². The summed E-state index contributed by atoms with van der Waals surface area (Å²) in [5.41, 5.74) is 5.72. The van der Waals surface area contributed by atoms with Crippen LogP contribution in [0.4, 0.5) is 0 Å². The van der Waals surface area contributed by atoms with Crippen molar-refractivity contribution in [3.05, 3.63) is 0 Å². The van der Waals surface area contributed by atoms with Crippen molar-refractivity contribution in [3.8, 4) is 0 Å². The summed E-state index contributed by atoms with van der Waals surface area (Å²) in [6.45, 7) is 3.99. The van der Waals surface area contributed by atoms with Gasteiger partial charge in [0.15, 0.2) is 0 Å². The predicted octanol–water partition coefficient (Wildman–Crippen LogP) is 0.154. The highest BCUT2D eigenvalue weighted by Crippen LogP contribution is 2.24. The maximum absolute atomic E-state index is 5.72. The molecule has 1 aliphatic rings. The van der Waals surface area contributed by atoms with Gasteiger partial charge in [0.2, 0.25) is 0 Å². The second-order valence-electron chi connectivity index (χ2n) is 3.21. The summed E-state index contributed by atoms with van der Waals surface area (Å²) >= 11 is 0. The Morgan fingerprint density at radius 2 is 2.15 bits per heavy atom. The van der Waals surface area contributed by atoms with Gasteiger partial charge in [-0.25, -0.2) is 0 Å². The Bertz CT molecular complexity index is 143. The lowest BCUT2D eigenvalue weighted by Crippen LogP contribution is -2.57. The lowest BCUT2D eigenvalue weighted by molar-refractivity contribution is -0.132. The number of rotatable bonds is 6. The van der Waals surface area contributed by atoms with E-state index in [4.69, 9.17) is 19.9 Å². The number of ether oxygens (including phenoxy) is 3. The van der Waals surface area contributed by atoms with Gasteiger partial charge in [-0.3, -0.25) is 0 Å². The van der Waals surface area contributed by atoms with Crippen LogP contribution in [0.25, 0.3) is 0 Å². The van der Waals surface area contributed by atoms with E-state index < -0.39 is 0 Å². The number of nitrogens with two attached hydrogens (primary N) is 1. The monoisotopic (exact) mass is 189 g/mol. The van der Waals surface area contributed by atoms with Gasteiger partial charge in [0.25, 0.3) is 0 Å². The molecular weight excluding hydrogens is 170 g/mol. The third-order valence-corrected chi connectivity index (χ3v) is 2.33. The summed E-state index contributed by atoms with van der Waals surface area (Å²) in [5.74, 6) is 0. The Balaban J connectivity index is 2.03. The first kappa shape index (κ1) is 10.9. The van der Waals surface area contributed by atoms with Gasteiger partial charge in [-0.1, -0.05) is 0 Å². The van der Waals surface area contributed by atoms with Crippen LogP contribution in [0, 0.1) is 0 Å². The van der Waals surface area contributed by atoms with E-state index in [2.05, 4.69) is 0 Å². The first-order valence-corrected chi connectivity index (χ1v) is 4.77. The molecule has 3 unspecified atom stereocenters. The second kappa shape index (κ2) is 5.54. The van der Waals surface area contributed by atoms with E-state index in [0.717, 1.165) is 13.0 Å². The summed E-state index contributed by atoms with van der Waals surface area (Å²) < 4.78 is 15.9. The lowest BCUT2D eigenvalue weighted by Gasteiger charge is -2.40. The van der Waals surface area contributed by atoms with E-state index in [1.165, 1.54) is 0 Å². The van der Waals surface area contributed by atoms with Crippen molar-refractivity contribution in [2.75, 3.05) is 26.9 Å². The average Bonchev–Trinajstić information content (AvgIpc) is 2.11. The van der Waals surface area contributed by atoms with Gasteiger partial charge in [0.1, 0.15) is 0 Å². The van der Waals surface area contributed by atoms with Crippen LogP contribution in [0.15, 0.2) is 0 Å². The van der Waals surface area contributed by atoms with Gasteiger partial charge in [-0.05, 0) is 13.3 Å². The van der Waals surface area contributed by atoms with Gasteiger partial charge < -0.3 is 19.9 Å². The Morgan fingerprint density at radius 1 is 1.38 bits per heavy atom. The molecule has 3 atom stereocenters. The minimum Gasteiger partial charge on any atom is -0.379 e. The molecule has 1 aliphatic carbocycles. The Kier molecular flexibility index (Phi) is 4.66. The van der Waals surface area contributed by atoms with Crippen molar-refractivity contribution >= 4 is 0 Å². The first-order valence-electron chi connectivity index (χ1n) is 4.77. The van der Waals surface area contributed by atoms with Gasteiger partial charge >= 0.3 is 0 Å². The van der Waals surface area contributed by atoms with Crippen LogP contribution in [0.3, 0.4) is 0 Å². The molecule has 1 rings (SSSR count). The van der Waals surface area contributed by atoms with Crippen molar-refractivity contribution < 1.29 is 14.2 Å². The predicted molar refractivity (Wildman–Crippen MR) is 49.6 cm³/mol. The molecule has 4 nitrogen and oxygen atoms in total. The Labute approximate surface area is 79.3 Å². The minimum absolute atomic E-state index is 0.0710. The zero-order valence-corrected chi connectivity index (χ0v) is 8.36. The highest BCUT2D eigenvalue weighted by Gasteiger charge is 2.39. The van der Waals surface area contributed by atoms with Crippen LogP contribution >= 0.6 is 0 Å². The van der Waals surface area contributed by atoms with E-state index in [1.807, 2.05) is 6.92 Å². The smallest absolute Gasteiger partial charge is 0.0984 e. The molecule has 0 aliphatic heterocycles. The fourth-order valence-corrected chi connectivity index (χ4v) is 1.51. The van der Waals surface area contributed by atoms with Crippen molar-refractivity contribution in [3.63, 3.8) is 0 Å². The van der Waals surface area contributed by atoms with Crippen LogP contribution in [0.1, 0.15) is 13.3 Å². The molecule has 0 saturated heterocycles. The summed E-state index contributed by atoms with van der Waals surface area (Å²) in [6.07, 6.45) is 1.13. The fourth-order valence-electron chi connectivity index (χ4n) is 1.51. The molecule has 0 radical (unpaired) electrons. The molecule has 13 heavy (non-hydrogen) atoms. The highest BCUT2D eigenvalue weighted by molar-refractivity contribution is 4.94. The van der Waals surface area contributed by atoms with Crippen LogP contribution in [0.2, 0.25) is 0 Å². The van der Waals surface area contributed by atoms with Crippen molar-refractivity contribution in [1.29, 1.82) is 0 Å². The van der Waals surface area contributed by atoms with E-state index >= 15 is 0 Å². The van der Waals surface area contributed by atoms with Crippen molar-refractivity contribution in [2.45, 2.75) is 31.6 Å². The molecular formula is C9H19NO3. The molecule has 0 aromatic rings. The summed E-state index contributed by atoms with van der Waals surface area (Å²) in [7, 11) is 1.67. The number of hydrogen-bond acceptors (Lipinski definition) is 4. The Hall–Kier alpha value is -0.160. The molecule has 2 N–H and O–H groups in total. The van der Waals surface area contributed by atoms with E-state index in [0.29, 0.717) is 13.2 Å². The molecule has 0 aromatic carbocycles. The molecule has 0 amide bonds. The molecule has 0 heterocycles. The quantitative estimate of drug-likeness (QED) is 0.604. The van der Waals surface area contributed by atoms with Gasteiger partial charge in [-0.15, -0.1) is 0 Å². The zero-order valence-electron chi connectivity index (χ0n) is 8.36. The summed E-state index contributed by atoms with van der Waals surface area (Å²) in [6, 6.07) is 0.141.